The van der Waals surface area contributed by atoms with Crippen molar-refractivity contribution in [2.24, 2.45) is 11.3 Å². The number of aryl methyl sites for hydroxylation is 1. The van der Waals surface area contributed by atoms with Gasteiger partial charge in [-0.1, -0.05) is 118 Å². The first kappa shape index (κ1) is 28.4. The molecule has 0 unspecified atom stereocenters. The average Bonchev–Trinajstić information content (AvgIpc) is 2.30. The zero-order valence-electron chi connectivity index (χ0n) is 17.2. The summed E-state index contributed by atoms with van der Waals surface area (Å²) in [5.74, 6) is 0.833. The largest absolute Gasteiger partial charge is 0.0683 e. The van der Waals surface area contributed by atoms with Gasteiger partial charge in [0.1, 0.15) is 0 Å². The van der Waals surface area contributed by atoms with E-state index in [2.05, 4.69) is 81.4 Å². The minimum Gasteiger partial charge on any atom is -0.0683 e. The van der Waals surface area contributed by atoms with Crippen LogP contribution >= 0.6 is 0 Å². The molecule has 0 aromatic heterocycles. The van der Waals surface area contributed by atoms with Gasteiger partial charge in [-0.2, -0.15) is 0 Å². The van der Waals surface area contributed by atoms with Gasteiger partial charge in [0.05, 0.1) is 0 Å². The van der Waals surface area contributed by atoms with Crippen molar-refractivity contribution in [3.8, 4) is 0 Å². The summed E-state index contributed by atoms with van der Waals surface area (Å²) in [5.41, 5.74) is 1.82. The van der Waals surface area contributed by atoms with Crippen LogP contribution in [0.1, 0.15) is 88.1 Å². The maximum Gasteiger partial charge on any atom is -0.0398 e. The summed E-state index contributed by atoms with van der Waals surface area (Å²) in [6.45, 7) is 25.6. The zero-order valence-corrected chi connectivity index (χ0v) is 17.2. The molecule has 0 N–H and O–H groups in total. The van der Waals surface area contributed by atoms with Gasteiger partial charge in [-0.3, -0.25) is 0 Å². The lowest BCUT2D eigenvalue weighted by atomic mass is 10.0. The van der Waals surface area contributed by atoms with E-state index in [4.69, 9.17) is 0 Å². The molecule has 0 spiro atoms. The molecule has 0 heterocycles. The molecule has 0 atom stereocenters. The Hall–Kier alpha value is -0.780. The number of hydrogen-bond donors (Lipinski definition) is 0. The Morgan fingerprint density at radius 3 is 1.10 bits per heavy atom. The van der Waals surface area contributed by atoms with E-state index in [1.165, 1.54) is 12.0 Å². The summed E-state index contributed by atoms with van der Waals surface area (Å²) in [5, 5.41) is 0. The predicted molar refractivity (Wildman–Crippen MR) is 104 cm³/mol. The summed E-state index contributed by atoms with van der Waals surface area (Å²) in [7, 11) is 0. The molecule has 0 aliphatic heterocycles. The molecule has 0 nitrogen and oxygen atoms in total. The van der Waals surface area contributed by atoms with Gasteiger partial charge in [-0.05, 0) is 18.3 Å². The summed E-state index contributed by atoms with van der Waals surface area (Å²) < 4.78 is 0. The normalized spacial score (nSPS) is 8.62. The molecule has 0 saturated heterocycles. The van der Waals surface area contributed by atoms with Crippen molar-refractivity contribution >= 4 is 0 Å². The minimum absolute atomic E-state index is 0.500. The molecule has 0 aliphatic rings. The predicted octanol–water partition coefficient (Wildman–Crippen LogP) is 8.15. The summed E-state index contributed by atoms with van der Waals surface area (Å²) in [4.78, 5) is 0. The molecular weight excluding hydrogens is 252 g/mol. The van der Waals surface area contributed by atoms with Gasteiger partial charge in [0.25, 0.3) is 0 Å². The Bertz CT molecular complexity index is 230. The fourth-order valence-electron chi connectivity index (χ4n) is 0.534. The average molecular weight is 297 g/mol. The van der Waals surface area contributed by atoms with E-state index in [-0.39, 0.29) is 0 Å². The highest BCUT2D eigenvalue weighted by atomic mass is 14.0. The second kappa shape index (κ2) is 21.5. The van der Waals surface area contributed by atoms with Crippen LogP contribution in [0.3, 0.4) is 0 Å². The van der Waals surface area contributed by atoms with Gasteiger partial charge < -0.3 is 0 Å². The van der Waals surface area contributed by atoms with E-state index in [1.807, 2.05) is 32.0 Å². The lowest BCUT2D eigenvalue weighted by Crippen LogP contribution is -1.93. The second-order valence-corrected chi connectivity index (χ2v) is 7.09. The standard InChI is InChI=1S/C7H8.C5H12.C4H10.C3H8.C2H6/c1-7-5-3-2-4-6-7;1-5(2,3)4;1-4(2)3;1-3-2;1-2/h2-6H,1H3;1-4H3;4H,1-3H3;3H2,1-2H3;1-2H3. The third-order valence-corrected chi connectivity index (χ3v) is 0.940. The van der Waals surface area contributed by atoms with Crippen LogP contribution < -0.4 is 0 Å². The van der Waals surface area contributed by atoms with Gasteiger partial charge in [-0.25, -0.2) is 0 Å². The van der Waals surface area contributed by atoms with Crippen molar-refractivity contribution in [2.75, 3.05) is 0 Å². The molecule has 21 heavy (non-hydrogen) atoms. The molecule has 0 amide bonds. The maximum absolute atomic E-state index is 2.19. The van der Waals surface area contributed by atoms with Crippen LogP contribution in [0.5, 0.6) is 0 Å². The Labute approximate surface area is 137 Å². The zero-order chi connectivity index (χ0) is 17.9. The van der Waals surface area contributed by atoms with Crippen molar-refractivity contribution in [3.05, 3.63) is 35.9 Å². The Kier molecular flexibility index (Phi) is 29.1. The summed E-state index contributed by atoms with van der Waals surface area (Å²) >= 11 is 0. The Morgan fingerprint density at radius 2 is 1.00 bits per heavy atom. The summed E-state index contributed by atoms with van der Waals surface area (Å²) in [6.07, 6.45) is 1.25. The second-order valence-electron chi connectivity index (χ2n) is 7.09. The highest BCUT2D eigenvalue weighted by Gasteiger charge is 1.95. The van der Waals surface area contributed by atoms with Crippen molar-refractivity contribution < 1.29 is 0 Å². The van der Waals surface area contributed by atoms with Crippen LogP contribution in [0.2, 0.25) is 0 Å². The number of benzene rings is 1. The molecule has 1 aromatic carbocycles. The van der Waals surface area contributed by atoms with Gasteiger partial charge in [0.2, 0.25) is 0 Å². The van der Waals surface area contributed by atoms with E-state index in [0.717, 1.165) is 5.92 Å². The Balaban J connectivity index is -0.0000000927. The number of rotatable bonds is 0. The van der Waals surface area contributed by atoms with E-state index < -0.39 is 0 Å². The van der Waals surface area contributed by atoms with Crippen LogP contribution in [-0.4, -0.2) is 0 Å². The molecule has 0 bridgehead atoms. The summed E-state index contributed by atoms with van der Waals surface area (Å²) in [6, 6.07) is 10.3. The quantitative estimate of drug-likeness (QED) is 0.453. The third-order valence-electron chi connectivity index (χ3n) is 0.940. The van der Waals surface area contributed by atoms with Crippen molar-refractivity contribution in [1.29, 1.82) is 0 Å². The van der Waals surface area contributed by atoms with Gasteiger partial charge in [0, 0.05) is 0 Å². The van der Waals surface area contributed by atoms with Crippen LogP contribution in [0.4, 0.5) is 0 Å². The Morgan fingerprint density at radius 1 is 0.810 bits per heavy atom. The smallest absolute Gasteiger partial charge is 0.0398 e. The third kappa shape index (κ3) is 109. The maximum atomic E-state index is 2.19. The van der Waals surface area contributed by atoms with E-state index in [9.17, 15) is 0 Å². The highest BCUT2D eigenvalue weighted by Crippen LogP contribution is 2.08. The van der Waals surface area contributed by atoms with Crippen LogP contribution in [0.15, 0.2) is 30.3 Å². The van der Waals surface area contributed by atoms with Gasteiger partial charge in [0.15, 0.2) is 0 Å². The van der Waals surface area contributed by atoms with Crippen molar-refractivity contribution in [1.82, 2.24) is 0 Å². The molecular formula is C21H44. The first-order chi connectivity index (χ1) is 9.54. The molecule has 128 valence electrons. The SMILES string of the molecule is CC.CC(C)(C)C.CC(C)C.CCC.Cc1ccccc1. The molecule has 0 aliphatic carbocycles. The lowest BCUT2D eigenvalue weighted by molar-refractivity contribution is 0.469. The first-order valence-corrected chi connectivity index (χ1v) is 8.56. The molecule has 0 saturated carbocycles. The van der Waals surface area contributed by atoms with Gasteiger partial charge in [-0.15, -0.1) is 0 Å². The van der Waals surface area contributed by atoms with Gasteiger partial charge >= 0.3 is 0 Å². The van der Waals surface area contributed by atoms with Crippen LogP contribution in [-0.2, 0) is 0 Å². The lowest BCUT2D eigenvalue weighted by Gasteiger charge is -2.05. The van der Waals surface area contributed by atoms with Crippen molar-refractivity contribution in [2.45, 2.75) is 89.5 Å². The molecule has 0 radical (unpaired) electrons. The first-order valence-electron chi connectivity index (χ1n) is 8.56. The van der Waals surface area contributed by atoms with E-state index in [1.54, 1.807) is 0 Å². The number of hydrogen-bond acceptors (Lipinski definition) is 0. The topological polar surface area (TPSA) is 0 Å². The molecule has 0 fully saturated rings. The molecule has 1 aromatic rings. The molecule has 0 heteroatoms. The van der Waals surface area contributed by atoms with Crippen molar-refractivity contribution in [3.63, 3.8) is 0 Å². The fourth-order valence-corrected chi connectivity index (χ4v) is 0.534. The minimum atomic E-state index is 0.500. The molecule has 1 rings (SSSR count). The van der Waals surface area contributed by atoms with Crippen LogP contribution in [0, 0.1) is 18.3 Å². The van der Waals surface area contributed by atoms with E-state index >= 15 is 0 Å². The monoisotopic (exact) mass is 296 g/mol. The van der Waals surface area contributed by atoms with E-state index in [0.29, 0.717) is 5.41 Å². The van der Waals surface area contributed by atoms with Crippen LogP contribution in [0.25, 0.3) is 0 Å². The fraction of sp³-hybridized carbons (Fsp3) is 0.714. The highest BCUT2D eigenvalue weighted by molar-refractivity contribution is 5.11.